The molecule has 0 unspecified atom stereocenters. The predicted molar refractivity (Wildman–Crippen MR) is 106 cm³/mol. The molecule has 0 saturated carbocycles. The first-order valence-electron chi connectivity index (χ1n) is 8.87. The molecule has 0 saturated heterocycles. The second-order valence-corrected chi connectivity index (χ2v) is 7.54. The number of amides is 3. The lowest BCUT2D eigenvalue weighted by atomic mass is 10.2. The fraction of sp³-hybridized carbons (Fsp3) is 0.389. The summed E-state index contributed by atoms with van der Waals surface area (Å²) in [6, 6.07) is 7.00. The molecule has 1 atom stereocenters. The number of fused-ring (bicyclic) bond motifs is 1. The van der Waals surface area contributed by atoms with Gasteiger partial charge in [-0.25, -0.2) is 0 Å². The molecule has 1 aliphatic rings. The summed E-state index contributed by atoms with van der Waals surface area (Å²) in [5, 5.41) is 11.6. The fourth-order valence-corrected chi connectivity index (χ4v) is 3.88. The highest BCUT2D eigenvalue weighted by atomic mass is 32.2. The summed E-state index contributed by atoms with van der Waals surface area (Å²) < 4.78 is 1.76. The first-order valence-corrected chi connectivity index (χ1v) is 9.85. The maximum absolute atomic E-state index is 13.0. The van der Waals surface area contributed by atoms with Crippen LogP contribution in [0.3, 0.4) is 0 Å². The summed E-state index contributed by atoms with van der Waals surface area (Å²) in [6.07, 6.45) is 0.822. The third-order valence-electron chi connectivity index (χ3n) is 4.47. The maximum atomic E-state index is 13.0. The van der Waals surface area contributed by atoms with Crippen molar-refractivity contribution in [2.24, 2.45) is 12.8 Å². The van der Waals surface area contributed by atoms with Crippen molar-refractivity contribution < 1.29 is 14.4 Å². The number of hydrogen-bond acceptors (Lipinski definition) is 6. The van der Waals surface area contributed by atoms with E-state index in [-0.39, 0.29) is 36.5 Å². The maximum Gasteiger partial charge on any atom is 0.237 e. The summed E-state index contributed by atoms with van der Waals surface area (Å²) in [7, 11) is 1.79. The Balaban J connectivity index is 1.73. The minimum Gasteiger partial charge on any atom is -0.370 e. The minimum atomic E-state index is -0.399. The topological polar surface area (TPSA) is 123 Å². The van der Waals surface area contributed by atoms with Crippen LogP contribution in [0.4, 0.5) is 11.4 Å². The number of para-hydroxylation sites is 2. The second kappa shape index (κ2) is 8.42. The van der Waals surface area contributed by atoms with Crippen molar-refractivity contribution in [3.8, 4) is 0 Å². The monoisotopic (exact) mass is 402 g/mol. The van der Waals surface area contributed by atoms with E-state index in [0.29, 0.717) is 28.8 Å². The fourth-order valence-electron chi connectivity index (χ4n) is 3.09. The summed E-state index contributed by atoms with van der Waals surface area (Å²) in [5.74, 6) is 0.147. The molecule has 0 fully saturated rings. The van der Waals surface area contributed by atoms with E-state index >= 15 is 0 Å². The van der Waals surface area contributed by atoms with Crippen LogP contribution in [0.15, 0.2) is 29.4 Å². The number of rotatable bonds is 6. The number of thioether (sulfide) groups is 1. The minimum absolute atomic E-state index is 0.115. The molecule has 2 heterocycles. The number of benzene rings is 1. The lowest BCUT2D eigenvalue weighted by Gasteiger charge is -2.27. The van der Waals surface area contributed by atoms with E-state index < -0.39 is 5.91 Å². The summed E-state index contributed by atoms with van der Waals surface area (Å²) in [6.45, 7) is 1.86. The Bertz CT molecular complexity index is 912. The third kappa shape index (κ3) is 4.33. The van der Waals surface area contributed by atoms with E-state index in [9.17, 15) is 14.4 Å². The molecule has 1 aliphatic heterocycles. The SMILES string of the molecule is C[C@@H]1CC(=O)Nc2ccccc2N1C(=O)CSc1nnc(CCC(N)=O)n1C. The first-order chi connectivity index (χ1) is 13.4. The van der Waals surface area contributed by atoms with Gasteiger partial charge in [-0.3, -0.25) is 14.4 Å². The Hall–Kier alpha value is -2.88. The van der Waals surface area contributed by atoms with Crippen LogP contribution in [0.25, 0.3) is 0 Å². The zero-order valence-electron chi connectivity index (χ0n) is 15.7. The Morgan fingerprint density at radius 1 is 1.32 bits per heavy atom. The number of primary amides is 1. The van der Waals surface area contributed by atoms with E-state index in [1.807, 2.05) is 25.1 Å². The molecule has 0 spiro atoms. The van der Waals surface area contributed by atoms with Crippen LogP contribution in [-0.2, 0) is 27.9 Å². The van der Waals surface area contributed by atoms with Crippen molar-refractivity contribution >= 4 is 40.9 Å². The lowest BCUT2D eigenvalue weighted by molar-refractivity contribution is -0.119. The van der Waals surface area contributed by atoms with Crippen LogP contribution in [0, 0.1) is 0 Å². The number of nitrogens with one attached hydrogen (secondary N) is 1. The smallest absolute Gasteiger partial charge is 0.237 e. The Morgan fingerprint density at radius 3 is 2.82 bits per heavy atom. The lowest BCUT2D eigenvalue weighted by Crippen LogP contribution is -2.40. The largest absolute Gasteiger partial charge is 0.370 e. The van der Waals surface area contributed by atoms with Gasteiger partial charge >= 0.3 is 0 Å². The van der Waals surface area contributed by atoms with Gasteiger partial charge in [0.2, 0.25) is 17.7 Å². The number of carbonyl (C=O) groups excluding carboxylic acids is 3. The molecule has 1 aromatic heterocycles. The van der Waals surface area contributed by atoms with Crippen molar-refractivity contribution in [2.45, 2.75) is 37.4 Å². The van der Waals surface area contributed by atoms with Crippen LogP contribution in [-0.4, -0.2) is 44.3 Å². The summed E-state index contributed by atoms with van der Waals surface area (Å²) in [4.78, 5) is 37.6. The number of nitrogens with zero attached hydrogens (tertiary/aromatic N) is 4. The molecule has 3 rings (SSSR count). The number of carbonyl (C=O) groups is 3. The predicted octanol–water partition coefficient (Wildman–Crippen LogP) is 1.09. The van der Waals surface area contributed by atoms with Gasteiger partial charge in [0.05, 0.1) is 17.1 Å². The Kier molecular flexibility index (Phi) is 5.98. The normalized spacial score (nSPS) is 16.3. The number of nitrogens with two attached hydrogens (primary N) is 1. The summed E-state index contributed by atoms with van der Waals surface area (Å²) in [5.41, 5.74) is 6.49. The van der Waals surface area contributed by atoms with Gasteiger partial charge in [-0.1, -0.05) is 23.9 Å². The van der Waals surface area contributed by atoms with Crippen LogP contribution < -0.4 is 16.0 Å². The van der Waals surface area contributed by atoms with Gasteiger partial charge in [0.25, 0.3) is 0 Å². The molecule has 148 valence electrons. The standard InChI is InChI=1S/C18H22N6O3S/c1-11-9-16(26)20-12-5-3-4-6-13(12)24(11)17(27)10-28-18-22-21-15(23(18)2)8-7-14(19)25/h3-6,11H,7-10H2,1-2H3,(H2,19,25)(H,20,26)/t11-/m1/s1. The van der Waals surface area contributed by atoms with Crippen molar-refractivity contribution in [1.82, 2.24) is 14.8 Å². The molecule has 2 aromatic rings. The third-order valence-corrected chi connectivity index (χ3v) is 5.48. The van der Waals surface area contributed by atoms with E-state index in [2.05, 4.69) is 15.5 Å². The van der Waals surface area contributed by atoms with Crippen LogP contribution in [0.2, 0.25) is 0 Å². The molecule has 3 N–H and O–H groups in total. The molecule has 0 aliphatic carbocycles. The zero-order valence-corrected chi connectivity index (χ0v) is 16.5. The van der Waals surface area contributed by atoms with Crippen molar-refractivity contribution in [1.29, 1.82) is 0 Å². The number of aryl methyl sites for hydroxylation is 1. The average molecular weight is 402 g/mol. The van der Waals surface area contributed by atoms with Gasteiger partial charge in [0.15, 0.2) is 5.16 Å². The van der Waals surface area contributed by atoms with Crippen molar-refractivity contribution in [2.75, 3.05) is 16.0 Å². The highest BCUT2D eigenvalue weighted by Crippen LogP contribution is 2.32. The van der Waals surface area contributed by atoms with E-state index in [1.54, 1.807) is 22.6 Å². The van der Waals surface area contributed by atoms with Crippen LogP contribution in [0.5, 0.6) is 0 Å². The molecule has 0 radical (unpaired) electrons. The first kappa shape index (κ1) is 19.9. The highest BCUT2D eigenvalue weighted by molar-refractivity contribution is 7.99. The van der Waals surface area contributed by atoms with E-state index in [0.717, 1.165) is 0 Å². The number of anilines is 2. The van der Waals surface area contributed by atoms with E-state index in [4.69, 9.17) is 5.73 Å². The van der Waals surface area contributed by atoms with Gasteiger partial charge in [0, 0.05) is 32.4 Å². The highest BCUT2D eigenvalue weighted by Gasteiger charge is 2.29. The average Bonchev–Trinajstić information content (AvgIpc) is 2.92. The molecule has 28 heavy (non-hydrogen) atoms. The summed E-state index contributed by atoms with van der Waals surface area (Å²) >= 11 is 1.26. The van der Waals surface area contributed by atoms with Gasteiger partial charge < -0.3 is 20.5 Å². The van der Waals surface area contributed by atoms with Gasteiger partial charge in [-0.15, -0.1) is 10.2 Å². The van der Waals surface area contributed by atoms with Gasteiger partial charge in [-0.2, -0.15) is 0 Å². The number of aromatic nitrogens is 3. The molecule has 10 heteroatoms. The molecule has 0 bridgehead atoms. The van der Waals surface area contributed by atoms with Gasteiger partial charge in [-0.05, 0) is 19.1 Å². The van der Waals surface area contributed by atoms with E-state index in [1.165, 1.54) is 11.8 Å². The Labute approximate surface area is 166 Å². The van der Waals surface area contributed by atoms with Gasteiger partial charge in [0.1, 0.15) is 5.82 Å². The van der Waals surface area contributed by atoms with Crippen LogP contribution >= 0.6 is 11.8 Å². The quantitative estimate of drug-likeness (QED) is 0.697. The molecular weight excluding hydrogens is 380 g/mol. The molecule has 1 aromatic carbocycles. The molecule has 3 amide bonds. The van der Waals surface area contributed by atoms with Crippen molar-refractivity contribution in [3.63, 3.8) is 0 Å². The van der Waals surface area contributed by atoms with Crippen molar-refractivity contribution in [3.05, 3.63) is 30.1 Å². The second-order valence-electron chi connectivity index (χ2n) is 6.60. The zero-order chi connectivity index (χ0) is 20.3. The molecular formula is C18H22N6O3S. The Morgan fingerprint density at radius 2 is 2.07 bits per heavy atom. The number of hydrogen-bond donors (Lipinski definition) is 2. The molecule has 9 nitrogen and oxygen atoms in total. The van der Waals surface area contributed by atoms with Crippen LogP contribution in [0.1, 0.15) is 25.6 Å².